The van der Waals surface area contributed by atoms with E-state index in [1.54, 1.807) is 24.3 Å². The Morgan fingerprint density at radius 1 is 1.00 bits per heavy atom. The van der Waals surface area contributed by atoms with Gasteiger partial charge in [0, 0.05) is 10.6 Å². The van der Waals surface area contributed by atoms with Crippen LogP contribution >= 0.6 is 23.2 Å². The lowest BCUT2D eigenvalue weighted by molar-refractivity contribution is -0.123. The van der Waals surface area contributed by atoms with Crippen LogP contribution in [0.25, 0.3) is 6.08 Å². The largest absolute Gasteiger partial charge is 0.493 e. The first-order valence-electron chi connectivity index (χ1n) is 10.5. The molecule has 34 heavy (non-hydrogen) atoms. The monoisotopic (exact) mass is 496 g/mol. The molecule has 0 spiro atoms. The number of nitrogens with zero attached hydrogens (tertiary/aromatic N) is 1. The molecule has 0 aliphatic carbocycles. The molecule has 6 nitrogen and oxygen atoms in total. The molecule has 1 heterocycles. The smallest absolute Gasteiger partial charge is 0.329 e. The zero-order chi connectivity index (χ0) is 24.2. The Hall–Kier alpha value is -3.48. The van der Waals surface area contributed by atoms with Crippen LogP contribution in [0, 0.1) is 6.92 Å². The summed E-state index contributed by atoms with van der Waals surface area (Å²) in [7, 11) is 1.50. The summed E-state index contributed by atoms with van der Waals surface area (Å²) < 4.78 is 11.3. The van der Waals surface area contributed by atoms with E-state index >= 15 is 0 Å². The minimum atomic E-state index is -0.477. The molecule has 8 heteroatoms. The molecule has 0 aromatic heterocycles. The number of carbonyl (C=O) groups is 2. The van der Waals surface area contributed by atoms with E-state index in [0.717, 1.165) is 21.6 Å². The maximum atomic E-state index is 12.9. The number of amides is 3. The Morgan fingerprint density at radius 3 is 2.44 bits per heavy atom. The molecule has 4 rings (SSSR count). The second kappa shape index (κ2) is 10.2. The van der Waals surface area contributed by atoms with Crippen LogP contribution in [0.3, 0.4) is 0 Å². The maximum Gasteiger partial charge on any atom is 0.329 e. The van der Waals surface area contributed by atoms with Crippen LogP contribution in [0.1, 0.15) is 22.3 Å². The number of methoxy groups -OCH3 is 1. The lowest BCUT2D eigenvalue weighted by Gasteiger charge is -2.14. The molecule has 0 atom stereocenters. The average molecular weight is 497 g/mol. The molecule has 0 unspecified atom stereocenters. The van der Waals surface area contributed by atoms with Crippen molar-refractivity contribution in [3.8, 4) is 11.5 Å². The zero-order valence-electron chi connectivity index (χ0n) is 18.6. The fraction of sp³-hybridized carbons (Fsp3) is 0.154. The number of carbonyl (C=O) groups excluding carboxylic acids is 2. The number of hydrogen-bond acceptors (Lipinski definition) is 4. The van der Waals surface area contributed by atoms with Crippen LogP contribution in [-0.4, -0.2) is 23.9 Å². The SMILES string of the molecule is COc1cc(/C=C2/NC(=O)N(Cc3ccc(C)cc3)C2=O)cc(Cl)c1OCc1ccccc1Cl. The van der Waals surface area contributed by atoms with Gasteiger partial charge in [0.1, 0.15) is 12.3 Å². The fourth-order valence-electron chi connectivity index (χ4n) is 3.49. The Morgan fingerprint density at radius 2 is 1.74 bits per heavy atom. The normalized spacial score (nSPS) is 14.5. The summed E-state index contributed by atoms with van der Waals surface area (Å²) in [5.41, 5.74) is 3.50. The summed E-state index contributed by atoms with van der Waals surface area (Å²) in [4.78, 5) is 26.4. The summed E-state index contributed by atoms with van der Waals surface area (Å²) in [6.45, 7) is 2.37. The van der Waals surface area contributed by atoms with Gasteiger partial charge in [0.25, 0.3) is 5.91 Å². The van der Waals surface area contributed by atoms with Crippen molar-refractivity contribution in [2.45, 2.75) is 20.1 Å². The lowest BCUT2D eigenvalue weighted by Crippen LogP contribution is -2.30. The molecule has 3 amide bonds. The van der Waals surface area contributed by atoms with Crippen LogP contribution in [0.15, 0.2) is 66.4 Å². The zero-order valence-corrected chi connectivity index (χ0v) is 20.1. The van der Waals surface area contributed by atoms with E-state index in [-0.39, 0.29) is 18.8 Å². The van der Waals surface area contributed by atoms with E-state index in [0.29, 0.717) is 27.1 Å². The summed E-state index contributed by atoms with van der Waals surface area (Å²) in [6.07, 6.45) is 1.56. The van der Waals surface area contributed by atoms with Crippen LogP contribution in [0.4, 0.5) is 4.79 Å². The van der Waals surface area contributed by atoms with E-state index in [1.165, 1.54) is 7.11 Å². The number of halogens is 2. The lowest BCUT2D eigenvalue weighted by atomic mass is 10.1. The van der Waals surface area contributed by atoms with Gasteiger partial charge in [0.2, 0.25) is 0 Å². The average Bonchev–Trinajstić information content (AvgIpc) is 3.07. The van der Waals surface area contributed by atoms with Gasteiger partial charge < -0.3 is 14.8 Å². The molecule has 0 radical (unpaired) electrons. The van der Waals surface area contributed by atoms with Crippen molar-refractivity contribution in [1.82, 2.24) is 10.2 Å². The third-order valence-corrected chi connectivity index (χ3v) is 5.97. The minimum Gasteiger partial charge on any atom is -0.493 e. The predicted octanol–water partition coefficient (Wildman–Crippen LogP) is 5.98. The number of imide groups is 1. The highest BCUT2D eigenvalue weighted by Crippen LogP contribution is 2.38. The molecule has 3 aromatic rings. The van der Waals surface area contributed by atoms with Gasteiger partial charge in [-0.25, -0.2) is 4.79 Å². The second-order valence-electron chi connectivity index (χ2n) is 7.78. The Kier molecular flexibility index (Phi) is 7.10. The Balaban J connectivity index is 1.53. The van der Waals surface area contributed by atoms with E-state index < -0.39 is 11.9 Å². The van der Waals surface area contributed by atoms with Gasteiger partial charge in [0.15, 0.2) is 11.5 Å². The molecule has 1 saturated heterocycles. The van der Waals surface area contributed by atoms with Crippen LogP contribution in [0.5, 0.6) is 11.5 Å². The summed E-state index contributed by atoms with van der Waals surface area (Å²) >= 11 is 12.7. The highest BCUT2D eigenvalue weighted by molar-refractivity contribution is 6.32. The number of benzene rings is 3. The molecule has 3 aromatic carbocycles. The van der Waals surface area contributed by atoms with Gasteiger partial charge in [-0.2, -0.15) is 0 Å². The number of aryl methyl sites for hydroxylation is 1. The first-order valence-corrected chi connectivity index (χ1v) is 11.2. The first kappa shape index (κ1) is 23.7. The van der Waals surface area contributed by atoms with Crippen molar-refractivity contribution >= 4 is 41.2 Å². The number of rotatable bonds is 7. The van der Waals surface area contributed by atoms with Crippen molar-refractivity contribution in [2.24, 2.45) is 0 Å². The fourth-order valence-corrected chi connectivity index (χ4v) is 3.95. The standard InChI is InChI=1S/C26H22Cl2N2O4/c1-16-7-9-17(10-8-16)14-30-25(31)22(29-26(30)32)12-18-11-21(28)24(23(13-18)33-2)34-15-19-5-3-4-6-20(19)27/h3-13H,14-15H2,1-2H3,(H,29,32)/b22-12+. The van der Waals surface area contributed by atoms with E-state index in [2.05, 4.69) is 5.32 Å². The van der Waals surface area contributed by atoms with Gasteiger partial charge in [0.05, 0.1) is 18.7 Å². The maximum absolute atomic E-state index is 12.9. The number of urea groups is 1. The minimum absolute atomic E-state index is 0.153. The molecule has 1 N–H and O–H groups in total. The van der Waals surface area contributed by atoms with Gasteiger partial charge in [-0.05, 0) is 42.3 Å². The van der Waals surface area contributed by atoms with Crippen molar-refractivity contribution in [3.63, 3.8) is 0 Å². The molecule has 1 aliphatic heterocycles. The quantitative estimate of drug-likeness (QED) is 0.322. The highest BCUT2D eigenvalue weighted by Gasteiger charge is 2.33. The van der Waals surface area contributed by atoms with Gasteiger partial charge in [-0.15, -0.1) is 0 Å². The van der Waals surface area contributed by atoms with Crippen LogP contribution in [-0.2, 0) is 17.9 Å². The molecule has 174 valence electrons. The number of ether oxygens (including phenoxy) is 2. The van der Waals surface area contributed by atoms with E-state index in [1.807, 2.05) is 49.4 Å². The van der Waals surface area contributed by atoms with E-state index in [4.69, 9.17) is 32.7 Å². The first-order chi connectivity index (χ1) is 16.4. The number of nitrogens with one attached hydrogen (secondary N) is 1. The summed E-state index contributed by atoms with van der Waals surface area (Å²) in [5.74, 6) is 0.327. The topological polar surface area (TPSA) is 67.9 Å². The van der Waals surface area contributed by atoms with Gasteiger partial charge in [-0.1, -0.05) is 71.2 Å². The third kappa shape index (κ3) is 5.19. The van der Waals surface area contributed by atoms with Gasteiger partial charge in [-0.3, -0.25) is 9.69 Å². The highest BCUT2D eigenvalue weighted by atomic mass is 35.5. The van der Waals surface area contributed by atoms with Crippen molar-refractivity contribution in [1.29, 1.82) is 0 Å². The van der Waals surface area contributed by atoms with Crippen molar-refractivity contribution in [2.75, 3.05) is 7.11 Å². The third-order valence-electron chi connectivity index (χ3n) is 5.32. The second-order valence-corrected chi connectivity index (χ2v) is 8.59. The molecule has 1 fully saturated rings. The molecule has 1 aliphatic rings. The summed E-state index contributed by atoms with van der Waals surface area (Å²) in [5, 5.41) is 3.51. The molecule has 0 saturated carbocycles. The molecular weight excluding hydrogens is 475 g/mol. The van der Waals surface area contributed by atoms with Crippen molar-refractivity contribution in [3.05, 3.63) is 98.7 Å². The Labute approximate surface area is 207 Å². The summed E-state index contributed by atoms with van der Waals surface area (Å²) in [6, 6.07) is 17.9. The van der Waals surface area contributed by atoms with E-state index in [9.17, 15) is 9.59 Å². The molecule has 0 bridgehead atoms. The predicted molar refractivity (Wildman–Crippen MR) is 132 cm³/mol. The van der Waals surface area contributed by atoms with Gasteiger partial charge >= 0.3 is 6.03 Å². The van der Waals surface area contributed by atoms with Crippen LogP contribution < -0.4 is 14.8 Å². The molecular formula is C26H22Cl2N2O4. The van der Waals surface area contributed by atoms with Crippen LogP contribution in [0.2, 0.25) is 10.0 Å². The number of hydrogen-bond donors (Lipinski definition) is 1. The Bertz CT molecular complexity index is 1270. The van der Waals surface area contributed by atoms with Crippen molar-refractivity contribution < 1.29 is 19.1 Å².